The number of amides is 2. The summed E-state index contributed by atoms with van der Waals surface area (Å²) in [6.07, 6.45) is 1.61. The lowest BCUT2D eigenvalue weighted by Crippen LogP contribution is -2.17. The number of aromatic nitrogens is 4. The van der Waals surface area contributed by atoms with E-state index in [0.717, 1.165) is 6.07 Å². The van der Waals surface area contributed by atoms with Gasteiger partial charge < -0.3 is 15.2 Å². The van der Waals surface area contributed by atoms with Gasteiger partial charge in [0.25, 0.3) is 11.8 Å². The fourth-order valence-electron chi connectivity index (χ4n) is 3.19. The van der Waals surface area contributed by atoms with Gasteiger partial charge in [-0.25, -0.2) is 9.37 Å². The van der Waals surface area contributed by atoms with E-state index in [-0.39, 0.29) is 35.7 Å². The molecule has 2 heterocycles. The van der Waals surface area contributed by atoms with E-state index in [2.05, 4.69) is 25.8 Å². The van der Waals surface area contributed by atoms with Crippen LogP contribution < -0.4 is 10.6 Å². The fraction of sp³-hybridized carbons (Fsp3) is 0.125. The van der Waals surface area contributed by atoms with Crippen molar-refractivity contribution in [1.29, 1.82) is 0 Å². The SMILES string of the molecule is CC(C)n1cnnc1-c1cccc(NC(=O)c2cc(NC(=O)c3ccccc3)ccc2F)n1.Cl. The van der Waals surface area contributed by atoms with Gasteiger partial charge in [-0.1, -0.05) is 24.3 Å². The minimum absolute atomic E-state index is 0. The van der Waals surface area contributed by atoms with E-state index < -0.39 is 11.7 Å². The number of nitrogens with zero attached hydrogens (tertiary/aromatic N) is 4. The molecule has 0 bridgehead atoms. The predicted molar refractivity (Wildman–Crippen MR) is 130 cm³/mol. The third-order valence-corrected chi connectivity index (χ3v) is 4.85. The molecule has 0 saturated carbocycles. The van der Waals surface area contributed by atoms with Crippen molar-refractivity contribution in [3.05, 3.63) is 90.0 Å². The molecule has 0 spiro atoms. The number of rotatable bonds is 6. The van der Waals surface area contributed by atoms with Crippen LogP contribution in [0.15, 0.2) is 73.1 Å². The topological polar surface area (TPSA) is 102 Å². The number of carbonyl (C=O) groups excluding carboxylic acids is 2. The molecule has 0 aliphatic rings. The summed E-state index contributed by atoms with van der Waals surface area (Å²) in [6, 6.07) is 17.6. The van der Waals surface area contributed by atoms with Gasteiger partial charge in [-0.3, -0.25) is 9.59 Å². The van der Waals surface area contributed by atoms with E-state index in [1.165, 1.54) is 12.1 Å². The van der Waals surface area contributed by atoms with Crippen LogP contribution in [0.1, 0.15) is 40.6 Å². The molecule has 8 nitrogen and oxygen atoms in total. The van der Waals surface area contributed by atoms with Crippen LogP contribution in [0.3, 0.4) is 0 Å². The second-order valence-corrected chi connectivity index (χ2v) is 7.53. The molecule has 0 atom stereocenters. The van der Waals surface area contributed by atoms with Crippen molar-refractivity contribution in [3.8, 4) is 11.5 Å². The Bertz CT molecular complexity index is 1310. The second kappa shape index (κ2) is 10.7. The third-order valence-electron chi connectivity index (χ3n) is 4.85. The van der Waals surface area contributed by atoms with E-state index in [0.29, 0.717) is 22.8 Å². The molecule has 0 unspecified atom stereocenters. The third kappa shape index (κ3) is 5.44. The molecule has 0 aliphatic heterocycles. The van der Waals surface area contributed by atoms with E-state index in [4.69, 9.17) is 0 Å². The lowest BCUT2D eigenvalue weighted by Gasteiger charge is -2.11. The molecule has 174 valence electrons. The van der Waals surface area contributed by atoms with Crippen molar-refractivity contribution in [2.75, 3.05) is 10.6 Å². The van der Waals surface area contributed by atoms with Crippen LogP contribution in [-0.2, 0) is 0 Å². The number of hydrogen-bond acceptors (Lipinski definition) is 5. The van der Waals surface area contributed by atoms with Crippen LogP contribution in [-0.4, -0.2) is 31.6 Å². The molecule has 0 radical (unpaired) electrons. The molecule has 2 aromatic carbocycles. The fourth-order valence-corrected chi connectivity index (χ4v) is 3.19. The largest absolute Gasteiger partial charge is 0.322 e. The molecular formula is C24H22ClFN6O2. The highest BCUT2D eigenvalue weighted by Gasteiger charge is 2.16. The Morgan fingerprint density at radius 3 is 2.44 bits per heavy atom. The van der Waals surface area contributed by atoms with Crippen LogP contribution in [0.4, 0.5) is 15.9 Å². The Morgan fingerprint density at radius 2 is 1.71 bits per heavy atom. The zero-order valence-electron chi connectivity index (χ0n) is 18.4. The van der Waals surface area contributed by atoms with Gasteiger partial charge in [-0.05, 0) is 56.3 Å². The van der Waals surface area contributed by atoms with Gasteiger partial charge in [0.1, 0.15) is 23.7 Å². The Hall–Kier alpha value is -4.11. The molecule has 2 N–H and O–H groups in total. The van der Waals surface area contributed by atoms with Gasteiger partial charge >= 0.3 is 0 Å². The summed E-state index contributed by atoms with van der Waals surface area (Å²) < 4.78 is 16.3. The summed E-state index contributed by atoms with van der Waals surface area (Å²) in [7, 11) is 0. The first-order valence-corrected chi connectivity index (χ1v) is 10.3. The number of pyridine rings is 1. The van der Waals surface area contributed by atoms with Gasteiger partial charge in [-0.15, -0.1) is 22.6 Å². The minimum atomic E-state index is -0.721. The van der Waals surface area contributed by atoms with Crippen molar-refractivity contribution in [3.63, 3.8) is 0 Å². The predicted octanol–water partition coefficient (Wildman–Crippen LogP) is 4.99. The molecule has 4 rings (SSSR count). The highest BCUT2D eigenvalue weighted by molar-refractivity contribution is 6.07. The van der Waals surface area contributed by atoms with Crippen molar-refractivity contribution in [1.82, 2.24) is 19.7 Å². The highest BCUT2D eigenvalue weighted by Crippen LogP contribution is 2.21. The minimum Gasteiger partial charge on any atom is -0.322 e. The van der Waals surface area contributed by atoms with E-state index in [1.807, 2.05) is 18.4 Å². The number of hydrogen-bond donors (Lipinski definition) is 2. The molecule has 0 saturated heterocycles. The van der Waals surface area contributed by atoms with Crippen LogP contribution in [0.5, 0.6) is 0 Å². The van der Waals surface area contributed by atoms with Gasteiger partial charge in [0.2, 0.25) is 0 Å². The first-order chi connectivity index (χ1) is 15.9. The molecular weight excluding hydrogens is 459 g/mol. The molecule has 0 fully saturated rings. The summed E-state index contributed by atoms with van der Waals surface area (Å²) in [5, 5.41) is 13.3. The summed E-state index contributed by atoms with van der Waals surface area (Å²) >= 11 is 0. The van der Waals surface area contributed by atoms with Crippen molar-refractivity contribution >= 4 is 35.7 Å². The zero-order chi connectivity index (χ0) is 23.4. The maximum absolute atomic E-state index is 14.4. The zero-order valence-corrected chi connectivity index (χ0v) is 19.2. The van der Waals surface area contributed by atoms with Crippen LogP contribution >= 0.6 is 12.4 Å². The summed E-state index contributed by atoms with van der Waals surface area (Å²) in [5.74, 6) is -0.997. The van der Waals surface area contributed by atoms with Crippen molar-refractivity contribution in [2.24, 2.45) is 0 Å². The Labute approximate surface area is 201 Å². The van der Waals surface area contributed by atoms with Crippen LogP contribution in [0.25, 0.3) is 11.5 Å². The highest BCUT2D eigenvalue weighted by atomic mass is 35.5. The average Bonchev–Trinajstić information content (AvgIpc) is 3.31. The number of anilines is 2. The van der Waals surface area contributed by atoms with Gasteiger partial charge in [0, 0.05) is 17.3 Å². The number of nitrogens with one attached hydrogen (secondary N) is 2. The molecule has 0 aliphatic carbocycles. The maximum Gasteiger partial charge on any atom is 0.259 e. The van der Waals surface area contributed by atoms with Gasteiger partial charge in [0.15, 0.2) is 5.82 Å². The van der Waals surface area contributed by atoms with Crippen molar-refractivity contribution < 1.29 is 14.0 Å². The average molecular weight is 481 g/mol. The molecule has 34 heavy (non-hydrogen) atoms. The Kier molecular flexibility index (Phi) is 7.70. The van der Waals surface area contributed by atoms with Crippen LogP contribution in [0.2, 0.25) is 0 Å². The molecule has 2 amide bonds. The normalized spacial score (nSPS) is 10.5. The summed E-state index contributed by atoms with van der Waals surface area (Å²) in [4.78, 5) is 29.6. The van der Waals surface area contributed by atoms with Gasteiger partial charge in [0.05, 0.1) is 5.56 Å². The quantitative estimate of drug-likeness (QED) is 0.405. The van der Waals surface area contributed by atoms with E-state index >= 15 is 0 Å². The number of carbonyl (C=O) groups is 2. The maximum atomic E-state index is 14.4. The first-order valence-electron chi connectivity index (χ1n) is 10.3. The lowest BCUT2D eigenvalue weighted by molar-refractivity contribution is 0.101. The molecule has 2 aromatic heterocycles. The molecule has 4 aromatic rings. The number of halogens is 2. The van der Waals surface area contributed by atoms with E-state index in [9.17, 15) is 14.0 Å². The smallest absolute Gasteiger partial charge is 0.259 e. The van der Waals surface area contributed by atoms with Crippen molar-refractivity contribution in [2.45, 2.75) is 19.9 Å². The van der Waals surface area contributed by atoms with E-state index in [1.54, 1.807) is 54.9 Å². The number of benzene rings is 2. The van der Waals surface area contributed by atoms with Gasteiger partial charge in [-0.2, -0.15) is 0 Å². The first kappa shape index (κ1) is 24.5. The second-order valence-electron chi connectivity index (χ2n) is 7.53. The standard InChI is InChI=1S/C24H21FN6O2.ClH/c1-15(2)31-14-26-30-22(31)20-9-6-10-21(28-20)29-24(33)18-13-17(11-12-19(18)25)27-23(32)16-7-4-3-5-8-16;/h3-15H,1-2H3,(H,27,32)(H,28,29,33);1H. The monoisotopic (exact) mass is 480 g/mol. The van der Waals surface area contributed by atoms with Crippen LogP contribution in [0, 0.1) is 5.82 Å². The summed E-state index contributed by atoms with van der Waals surface area (Å²) in [5.41, 5.74) is 1.03. The summed E-state index contributed by atoms with van der Waals surface area (Å²) in [6.45, 7) is 3.98. The Morgan fingerprint density at radius 1 is 0.941 bits per heavy atom. The molecule has 10 heteroatoms. The lowest BCUT2D eigenvalue weighted by atomic mass is 10.1. The Balaban J connectivity index is 0.00000324.